The van der Waals surface area contributed by atoms with E-state index >= 15 is 0 Å². The topological polar surface area (TPSA) is 66.4 Å². The van der Waals surface area contributed by atoms with Crippen LogP contribution in [0.5, 0.6) is 0 Å². The predicted octanol–water partition coefficient (Wildman–Crippen LogP) is 2.65. The zero-order valence-corrected chi connectivity index (χ0v) is 12.9. The van der Waals surface area contributed by atoms with Crippen molar-refractivity contribution in [2.24, 2.45) is 5.92 Å². The van der Waals surface area contributed by atoms with Crippen LogP contribution in [0.4, 0.5) is 13.2 Å². The van der Waals surface area contributed by atoms with Crippen molar-refractivity contribution in [3.05, 3.63) is 28.8 Å². The number of halogens is 4. The van der Waals surface area contributed by atoms with Crippen LogP contribution in [0.2, 0.25) is 5.02 Å². The Labute approximate surface area is 126 Å². The first-order valence-electron chi connectivity index (χ1n) is 5.99. The molecule has 0 aliphatic rings. The highest BCUT2D eigenvalue weighted by Crippen LogP contribution is 2.35. The molecule has 0 saturated carbocycles. The molecule has 0 aliphatic heterocycles. The average molecular weight is 346 g/mol. The van der Waals surface area contributed by atoms with Gasteiger partial charge in [0.25, 0.3) is 0 Å². The number of rotatable bonds is 5. The van der Waals surface area contributed by atoms with Crippen molar-refractivity contribution in [1.82, 2.24) is 4.72 Å². The number of benzene rings is 1. The molecular formula is C12H15ClF3NO3S. The Bertz CT molecular complexity index is 604. The molecule has 21 heavy (non-hydrogen) atoms. The summed E-state index contributed by atoms with van der Waals surface area (Å²) >= 11 is 5.44. The second-order valence-electron chi connectivity index (χ2n) is 4.71. The largest absolute Gasteiger partial charge is 0.417 e. The van der Waals surface area contributed by atoms with Gasteiger partial charge in [-0.1, -0.05) is 18.5 Å². The van der Waals surface area contributed by atoms with Crippen molar-refractivity contribution in [3.8, 4) is 0 Å². The maximum Gasteiger partial charge on any atom is 0.417 e. The summed E-state index contributed by atoms with van der Waals surface area (Å²) in [7, 11) is -4.13. The number of nitrogens with one attached hydrogen (secondary N) is 1. The van der Waals surface area contributed by atoms with Gasteiger partial charge in [0.15, 0.2) is 0 Å². The predicted molar refractivity (Wildman–Crippen MR) is 72.5 cm³/mol. The molecule has 0 heterocycles. The lowest BCUT2D eigenvalue weighted by Gasteiger charge is -2.19. The van der Waals surface area contributed by atoms with E-state index in [-0.39, 0.29) is 12.5 Å². The van der Waals surface area contributed by atoms with E-state index in [2.05, 4.69) is 4.72 Å². The zero-order valence-electron chi connectivity index (χ0n) is 11.3. The zero-order chi connectivity index (χ0) is 16.4. The normalized spacial score (nSPS) is 15.8. The Hall–Kier alpha value is -0.830. The van der Waals surface area contributed by atoms with Crippen molar-refractivity contribution in [2.75, 3.05) is 6.61 Å². The van der Waals surface area contributed by atoms with Gasteiger partial charge in [-0.25, -0.2) is 13.1 Å². The summed E-state index contributed by atoms with van der Waals surface area (Å²) in [6.07, 6.45) is -4.74. The standard InChI is InChI=1S/C12H15ClF3NO3S/c1-7(6-18)8(2)17-21(19,20)9-3-4-11(13)10(5-9)12(14,15)16/h3-5,7-8,17-18H,6H2,1-2H3. The summed E-state index contributed by atoms with van der Waals surface area (Å²) in [6.45, 7) is 2.87. The molecule has 0 bridgehead atoms. The molecule has 2 atom stereocenters. The molecule has 4 nitrogen and oxygen atoms in total. The summed E-state index contributed by atoms with van der Waals surface area (Å²) < 4.78 is 64.5. The van der Waals surface area contributed by atoms with Gasteiger partial charge in [0.2, 0.25) is 10.0 Å². The van der Waals surface area contributed by atoms with Gasteiger partial charge >= 0.3 is 6.18 Å². The van der Waals surface area contributed by atoms with Crippen molar-refractivity contribution < 1.29 is 26.7 Å². The van der Waals surface area contributed by atoms with Crippen LogP contribution in [0.25, 0.3) is 0 Å². The fourth-order valence-corrected chi connectivity index (χ4v) is 3.08. The van der Waals surface area contributed by atoms with Crippen LogP contribution in [0, 0.1) is 5.92 Å². The Morgan fingerprint density at radius 2 is 1.90 bits per heavy atom. The van der Waals surface area contributed by atoms with Crippen LogP contribution < -0.4 is 4.72 Å². The first kappa shape index (κ1) is 18.2. The van der Waals surface area contributed by atoms with Crippen molar-refractivity contribution >= 4 is 21.6 Å². The van der Waals surface area contributed by atoms with Gasteiger partial charge in [-0.2, -0.15) is 13.2 Å². The molecule has 1 aromatic rings. The van der Waals surface area contributed by atoms with E-state index in [4.69, 9.17) is 16.7 Å². The van der Waals surface area contributed by atoms with Crippen LogP contribution in [0.15, 0.2) is 23.1 Å². The van der Waals surface area contributed by atoms with E-state index in [1.807, 2.05) is 0 Å². The molecule has 2 unspecified atom stereocenters. The molecule has 0 spiro atoms. The van der Waals surface area contributed by atoms with Gasteiger partial charge in [-0.05, 0) is 31.0 Å². The quantitative estimate of drug-likeness (QED) is 0.862. The lowest BCUT2D eigenvalue weighted by Crippen LogP contribution is -2.38. The van der Waals surface area contributed by atoms with Gasteiger partial charge in [0.05, 0.1) is 15.5 Å². The monoisotopic (exact) mass is 345 g/mol. The fourth-order valence-electron chi connectivity index (χ4n) is 1.48. The van der Waals surface area contributed by atoms with E-state index in [1.165, 1.54) is 6.92 Å². The molecule has 0 saturated heterocycles. The summed E-state index contributed by atoms with van der Waals surface area (Å²) in [6, 6.07) is 1.74. The minimum Gasteiger partial charge on any atom is -0.396 e. The highest BCUT2D eigenvalue weighted by atomic mass is 35.5. The minimum atomic E-state index is -4.74. The van der Waals surface area contributed by atoms with Gasteiger partial charge < -0.3 is 5.11 Å². The van der Waals surface area contributed by atoms with Gasteiger partial charge in [0, 0.05) is 12.6 Å². The van der Waals surface area contributed by atoms with Crippen molar-refractivity contribution in [3.63, 3.8) is 0 Å². The van der Waals surface area contributed by atoms with Gasteiger partial charge in [-0.3, -0.25) is 0 Å². The van der Waals surface area contributed by atoms with Crippen LogP contribution in [0.1, 0.15) is 19.4 Å². The molecule has 120 valence electrons. The molecule has 9 heteroatoms. The molecule has 2 N–H and O–H groups in total. The third-order valence-corrected chi connectivity index (χ3v) is 4.92. The number of aliphatic hydroxyl groups is 1. The summed E-state index contributed by atoms with van der Waals surface area (Å²) in [5.41, 5.74) is -1.21. The lowest BCUT2D eigenvalue weighted by molar-refractivity contribution is -0.137. The summed E-state index contributed by atoms with van der Waals surface area (Å²) in [5.74, 6) is -0.380. The van der Waals surface area contributed by atoms with Crippen molar-refractivity contribution in [2.45, 2.75) is 31.0 Å². The van der Waals surface area contributed by atoms with Crippen LogP contribution in [0.3, 0.4) is 0 Å². The third kappa shape index (κ3) is 4.57. The molecule has 1 rings (SSSR count). The third-order valence-electron chi connectivity index (χ3n) is 3.04. The number of hydrogen-bond donors (Lipinski definition) is 2. The maximum atomic E-state index is 12.7. The van der Waals surface area contributed by atoms with E-state index in [0.717, 1.165) is 12.1 Å². The molecule has 0 aromatic heterocycles. The Kier molecular flexibility index (Phi) is 5.65. The second kappa shape index (κ2) is 6.51. The molecule has 0 amide bonds. The van der Waals surface area contributed by atoms with Crippen molar-refractivity contribution in [1.29, 1.82) is 0 Å². The van der Waals surface area contributed by atoms with Gasteiger partial charge in [-0.15, -0.1) is 0 Å². The highest BCUT2D eigenvalue weighted by Gasteiger charge is 2.34. The van der Waals surface area contributed by atoms with E-state index in [0.29, 0.717) is 6.07 Å². The lowest BCUT2D eigenvalue weighted by atomic mass is 10.1. The van der Waals surface area contributed by atoms with E-state index in [9.17, 15) is 21.6 Å². The van der Waals surface area contributed by atoms with Crippen LogP contribution in [-0.2, 0) is 16.2 Å². The Morgan fingerprint density at radius 3 is 2.38 bits per heavy atom. The second-order valence-corrected chi connectivity index (χ2v) is 6.83. The van der Waals surface area contributed by atoms with Gasteiger partial charge in [0.1, 0.15) is 0 Å². The molecule has 0 aliphatic carbocycles. The highest BCUT2D eigenvalue weighted by molar-refractivity contribution is 7.89. The molecule has 0 fully saturated rings. The molecule has 1 aromatic carbocycles. The smallest absolute Gasteiger partial charge is 0.396 e. The van der Waals surface area contributed by atoms with E-state index < -0.39 is 37.7 Å². The van der Waals surface area contributed by atoms with Crippen LogP contribution in [-0.4, -0.2) is 26.2 Å². The molecule has 0 radical (unpaired) electrons. The summed E-state index contributed by atoms with van der Waals surface area (Å²) in [5, 5.41) is 8.39. The summed E-state index contributed by atoms with van der Waals surface area (Å²) in [4.78, 5) is -0.531. The fraction of sp³-hybridized carbons (Fsp3) is 0.500. The number of aliphatic hydroxyl groups excluding tert-OH is 1. The minimum absolute atomic E-state index is 0.252. The van der Waals surface area contributed by atoms with Crippen LogP contribution >= 0.6 is 11.6 Å². The first-order chi connectivity index (χ1) is 9.49. The number of sulfonamides is 1. The Morgan fingerprint density at radius 1 is 1.33 bits per heavy atom. The SMILES string of the molecule is CC(CO)C(C)NS(=O)(=O)c1ccc(Cl)c(C(F)(F)F)c1. The first-order valence-corrected chi connectivity index (χ1v) is 7.85. The number of hydrogen-bond acceptors (Lipinski definition) is 3. The maximum absolute atomic E-state index is 12.7. The number of alkyl halides is 3. The molecular weight excluding hydrogens is 331 g/mol. The average Bonchev–Trinajstić information content (AvgIpc) is 2.35. The van der Waals surface area contributed by atoms with E-state index in [1.54, 1.807) is 6.92 Å². The Balaban J connectivity index is 3.16.